The molecule has 1 aliphatic rings. The van der Waals surface area contributed by atoms with Gasteiger partial charge in [-0.3, -0.25) is 0 Å². The van der Waals surface area contributed by atoms with Crippen LogP contribution in [0.4, 0.5) is 5.82 Å². The molecule has 4 rings (SSSR count). The van der Waals surface area contributed by atoms with Crippen molar-refractivity contribution in [2.24, 2.45) is 0 Å². The molecule has 1 aliphatic carbocycles. The lowest BCUT2D eigenvalue weighted by Crippen LogP contribution is -2.38. The third-order valence-corrected chi connectivity index (χ3v) is 5.14. The monoisotopic (exact) mass is 286 g/mol. The second-order valence-electron chi connectivity index (χ2n) is 5.23. The van der Waals surface area contributed by atoms with E-state index in [0.717, 1.165) is 22.8 Å². The Balaban J connectivity index is 1.85. The number of furan rings is 1. The fourth-order valence-electron chi connectivity index (χ4n) is 2.93. The molecule has 3 aromatic rings. The number of hydrogen-bond donors (Lipinski definition) is 1. The van der Waals surface area contributed by atoms with Gasteiger partial charge in [-0.05, 0) is 43.4 Å². The Bertz CT molecular complexity index is 761. The van der Waals surface area contributed by atoms with E-state index in [1.54, 1.807) is 17.6 Å². The summed E-state index contributed by atoms with van der Waals surface area (Å²) >= 11 is 1.80. The number of nitrogens with zero attached hydrogens (tertiary/aromatic N) is 2. The van der Waals surface area contributed by atoms with Crippen molar-refractivity contribution in [1.29, 1.82) is 0 Å². The van der Waals surface area contributed by atoms with E-state index in [0.29, 0.717) is 6.54 Å². The van der Waals surface area contributed by atoms with Gasteiger partial charge in [0.2, 0.25) is 17.0 Å². The third kappa shape index (κ3) is 1.81. The van der Waals surface area contributed by atoms with Crippen LogP contribution in [0.3, 0.4) is 0 Å². The molecular weight excluding hydrogens is 270 g/mol. The third-order valence-electron chi connectivity index (χ3n) is 3.94. The molecule has 2 N–H and O–H groups in total. The average molecular weight is 286 g/mol. The van der Waals surface area contributed by atoms with Crippen molar-refractivity contribution in [2.75, 3.05) is 5.73 Å². The molecule has 0 aliphatic heterocycles. The second-order valence-corrected chi connectivity index (χ2v) is 6.31. The van der Waals surface area contributed by atoms with Crippen LogP contribution in [-0.4, -0.2) is 4.98 Å². The minimum absolute atomic E-state index is 0.631. The SMILES string of the molecule is Nc1c2c3c(sc2nc[n+]1Cc1ccco1)CCCC3. The van der Waals surface area contributed by atoms with Gasteiger partial charge in [-0.1, -0.05) is 4.98 Å². The first-order chi connectivity index (χ1) is 9.83. The molecule has 0 aromatic carbocycles. The van der Waals surface area contributed by atoms with Gasteiger partial charge >= 0.3 is 0 Å². The van der Waals surface area contributed by atoms with E-state index in [1.165, 1.54) is 35.1 Å². The standard InChI is InChI=1S/C15H15N3OS/c16-14-13-11-5-1-2-6-12(11)20-15(13)17-9-18(14)8-10-4-3-7-19-10/h3-4,7,9,16H,1-2,5-6,8H2/p+1. The van der Waals surface area contributed by atoms with Gasteiger partial charge in [-0.2, -0.15) is 0 Å². The van der Waals surface area contributed by atoms with Gasteiger partial charge in [0.05, 0.1) is 6.26 Å². The number of hydrogen-bond acceptors (Lipinski definition) is 4. The summed E-state index contributed by atoms with van der Waals surface area (Å²) in [5.74, 6) is 1.71. The van der Waals surface area contributed by atoms with Crippen LogP contribution in [0.15, 0.2) is 29.1 Å². The predicted octanol–water partition coefficient (Wildman–Crippen LogP) is 2.69. The minimum atomic E-state index is 0.631. The lowest BCUT2D eigenvalue weighted by Gasteiger charge is -2.10. The average Bonchev–Trinajstić information content (AvgIpc) is 3.09. The van der Waals surface area contributed by atoms with Gasteiger partial charge in [0, 0.05) is 4.88 Å². The highest BCUT2D eigenvalue weighted by molar-refractivity contribution is 7.18. The maximum atomic E-state index is 6.39. The van der Waals surface area contributed by atoms with Crippen LogP contribution in [-0.2, 0) is 19.4 Å². The van der Waals surface area contributed by atoms with Crippen molar-refractivity contribution >= 4 is 27.4 Å². The Morgan fingerprint density at radius 3 is 3.10 bits per heavy atom. The quantitative estimate of drug-likeness (QED) is 0.737. The number of aryl methyl sites for hydroxylation is 2. The Hall–Kier alpha value is -1.88. The van der Waals surface area contributed by atoms with Crippen molar-refractivity contribution in [3.05, 3.63) is 40.9 Å². The summed E-state index contributed by atoms with van der Waals surface area (Å²) in [5.41, 5.74) is 7.82. The van der Waals surface area contributed by atoms with E-state index in [9.17, 15) is 0 Å². The number of aromatic nitrogens is 2. The first kappa shape index (κ1) is 11.9. The van der Waals surface area contributed by atoms with E-state index in [1.807, 2.05) is 23.0 Å². The Morgan fingerprint density at radius 1 is 1.35 bits per heavy atom. The van der Waals surface area contributed by atoms with Crippen LogP contribution >= 0.6 is 11.3 Å². The summed E-state index contributed by atoms with van der Waals surface area (Å²) < 4.78 is 7.37. The van der Waals surface area contributed by atoms with Gasteiger partial charge in [0.25, 0.3) is 0 Å². The first-order valence-corrected chi connectivity index (χ1v) is 7.75. The molecule has 0 radical (unpaired) electrons. The number of nitrogen functional groups attached to an aromatic ring is 1. The van der Waals surface area contributed by atoms with E-state index in [2.05, 4.69) is 4.98 Å². The molecule has 0 spiro atoms. The van der Waals surface area contributed by atoms with Gasteiger partial charge < -0.3 is 10.2 Å². The summed E-state index contributed by atoms with van der Waals surface area (Å²) in [6.45, 7) is 0.631. The summed E-state index contributed by atoms with van der Waals surface area (Å²) in [4.78, 5) is 7.13. The molecule has 102 valence electrons. The molecule has 3 aromatic heterocycles. The van der Waals surface area contributed by atoms with Crippen molar-refractivity contribution < 1.29 is 8.98 Å². The Labute approximate surface area is 120 Å². The molecule has 0 saturated carbocycles. The smallest absolute Gasteiger partial charge is 0.231 e. The zero-order valence-electron chi connectivity index (χ0n) is 11.1. The number of nitrogens with two attached hydrogens (primary N) is 1. The molecule has 4 nitrogen and oxygen atoms in total. The van der Waals surface area contributed by atoms with Crippen molar-refractivity contribution in [2.45, 2.75) is 32.2 Å². The van der Waals surface area contributed by atoms with Crippen molar-refractivity contribution in [3.63, 3.8) is 0 Å². The van der Waals surface area contributed by atoms with Crippen molar-refractivity contribution in [1.82, 2.24) is 4.98 Å². The summed E-state index contributed by atoms with van der Waals surface area (Å²) in [6.07, 6.45) is 8.35. The molecule has 0 amide bonds. The van der Waals surface area contributed by atoms with Gasteiger partial charge in [-0.25, -0.2) is 4.57 Å². The highest BCUT2D eigenvalue weighted by atomic mass is 32.1. The molecule has 20 heavy (non-hydrogen) atoms. The summed E-state index contributed by atoms with van der Waals surface area (Å²) in [5, 5.41) is 1.17. The van der Waals surface area contributed by atoms with Gasteiger partial charge in [-0.15, -0.1) is 11.3 Å². The van der Waals surface area contributed by atoms with Crippen LogP contribution < -0.4 is 10.3 Å². The number of anilines is 1. The Morgan fingerprint density at radius 2 is 2.25 bits per heavy atom. The molecule has 0 saturated heterocycles. The predicted molar refractivity (Wildman–Crippen MR) is 78.7 cm³/mol. The van der Waals surface area contributed by atoms with E-state index < -0.39 is 0 Å². The molecule has 5 heteroatoms. The highest BCUT2D eigenvalue weighted by Gasteiger charge is 2.23. The van der Waals surface area contributed by atoms with E-state index in [4.69, 9.17) is 10.2 Å². The van der Waals surface area contributed by atoms with Crippen LogP contribution in [0.2, 0.25) is 0 Å². The fraction of sp³-hybridized carbons (Fsp3) is 0.333. The summed E-state index contributed by atoms with van der Waals surface area (Å²) in [7, 11) is 0. The lowest BCUT2D eigenvalue weighted by atomic mass is 9.97. The number of rotatable bonds is 2. The number of fused-ring (bicyclic) bond motifs is 3. The zero-order valence-corrected chi connectivity index (χ0v) is 11.9. The Kier molecular flexibility index (Phi) is 2.73. The summed E-state index contributed by atoms with van der Waals surface area (Å²) in [6, 6.07) is 3.85. The van der Waals surface area contributed by atoms with Gasteiger partial charge in [0.1, 0.15) is 17.7 Å². The van der Waals surface area contributed by atoms with Crippen LogP contribution in [0.1, 0.15) is 29.0 Å². The van der Waals surface area contributed by atoms with E-state index >= 15 is 0 Å². The first-order valence-electron chi connectivity index (χ1n) is 6.93. The largest absolute Gasteiger partial charge is 0.466 e. The van der Waals surface area contributed by atoms with Crippen molar-refractivity contribution in [3.8, 4) is 0 Å². The maximum Gasteiger partial charge on any atom is 0.231 e. The molecule has 0 unspecified atom stereocenters. The second kappa shape index (κ2) is 4.59. The van der Waals surface area contributed by atoms with Gasteiger partial charge in [0.15, 0.2) is 0 Å². The molecule has 3 heterocycles. The van der Waals surface area contributed by atoms with E-state index in [-0.39, 0.29) is 0 Å². The molecule has 0 bridgehead atoms. The minimum Gasteiger partial charge on any atom is -0.466 e. The van der Waals surface area contributed by atoms with Crippen LogP contribution in [0.25, 0.3) is 10.2 Å². The molecule has 0 atom stereocenters. The van der Waals surface area contributed by atoms with Crippen LogP contribution in [0.5, 0.6) is 0 Å². The topological polar surface area (TPSA) is 55.9 Å². The number of thiophene rings is 1. The normalized spacial score (nSPS) is 14.6. The molecular formula is C15H16N3OS+. The molecule has 0 fully saturated rings. The lowest BCUT2D eigenvalue weighted by molar-refractivity contribution is -0.677. The maximum absolute atomic E-state index is 6.39. The van der Waals surface area contributed by atoms with Crippen LogP contribution in [0, 0.1) is 0 Å². The zero-order chi connectivity index (χ0) is 13.5. The fourth-order valence-corrected chi connectivity index (χ4v) is 4.17. The highest BCUT2D eigenvalue weighted by Crippen LogP contribution is 2.36.